The molecule has 1 unspecified atom stereocenters. The van der Waals surface area contributed by atoms with Crippen molar-refractivity contribution >= 4 is 0 Å². The molecule has 1 aromatic rings. The first-order valence-corrected chi connectivity index (χ1v) is 5.44. The van der Waals surface area contributed by atoms with Gasteiger partial charge in [-0.25, -0.2) is 0 Å². The van der Waals surface area contributed by atoms with Crippen molar-refractivity contribution in [1.82, 2.24) is 4.98 Å². The number of aromatic nitrogens is 1. The van der Waals surface area contributed by atoms with Gasteiger partial charge in [-0.05, 0) is 30.9 Å². The molecule has 2 rings (SSSR count). The highest BCUT2D eigenvalue weighted by molar-refractivity contribution is 5.20. The number of hydrogen-bond donors (Lipinski definition) is 1. The number of rotatable bonds is 3. The first-order chi connectivity index (χ1) is 6.77. The van der Waals surface area contributed by atoms with Crippen LogP contribution in [0.25, 0.3) is 0 Å². The van der Waals surface area contributed by atoms with Crippen LogP contribution in [-0.4, -0.2) is 4.98 Å². The summed E-state index contributed by atoms with van der Waals surface area (Å²) in [5, 5.41) is 0. The summed E-state index contributed by atoms with van der Waals surface area (Å²) in [4.78, 5) is 4.36. The van der Waals surface area contributed by atoms with Crippen LogP contribution in [0.4, 0.5) is 0 Å². The number of aryl methyl sites for hydroxylation is 1. The van der Waals surface area contributed by atoms with Crippen molar-refractivity contribution in [3.8, 4) is 0 Å². The summed E-state index contributed by atoms with van der Waals surface area (Å²) in [7, 11) is 0. The average Bonchev–Trinajstić information content (AvgIpc) is 2.12. The van der Waals surface area contributed by atoms with Crippen molar-refractivity contribution in [3.63, 3.8) is 0 Å². The average molecular weight is 190 g/mol. The van der Waals surface area contributed by atoms with E-state index in [1.165, 1.54) is 24.8 Å². The fourth-order valence-corrected chi connectivity index (χ4v) is 2.09. The molecule has 1 atom stereocenters. The Morgan fingerprint density at radius 1 is 1.57 bits per heavy atom. The fourth-order valence-electron chi connectivity index (χ4n) is 2.09. The minimum atomic E-state index is 0.140. The van der Waals surface area contributed by atoms with E-state index in [1.807, 2.05) is 12.3 Å². The molecule has 2 nitrogen and oxygen atoms in total. The summed E-state index contributed by atoms with van der Waals surface area (Å²) in [6.07, 6.45) is 7.05. The maximum atomic E-state index is 6.14. The second-order valence-corrected chi connectivity index (χ2v) is 4.34. The Labute approximate surface area is 85.5 Å². The summed E-state index contributed by atoms with van der Waals surface area (Å²) in [5.41, 5.74) is 8.45. The lowest BCUT2D eigenvalue weighted by Crippen LogP contribution is -2.21. The highest BCUT2D eigenvalue weighted by atomic mass is 14.8. The number of pyridine rings is 1. The van der Waals surface area contributed by atoms with Gasteiger partial charge in [0.2, 0.25) is 0 Å². The van der Waals surface area contributed by atoms with Crippen LogP contribution in [0.3, 0.4) is 0 Å². The molecule has 2 heteroatoms. The largest absolute Gasteiger partial charge is 0.323 e. The molecule has 1 aliphatic rings. The van der Waals surface area contributed by atoms with Crippen molar-refractivity contribution in [2.24, 2.45) is 11.7 Å². The molecule has 2 N–H and O–H groups in total. The molecule has 14 heavy (non-hydrogen) atoms. The predicted octanol–water partition coefficient (Wildman–Crippen LogP) is 2.58. The van der Waals surface area contributed by atoms with Crippen LogP contribution in [0.15, 0.2) is 18.3 Å². The van der Waals surface area contributed by atoms with Gasteiger partial charge in [-0.3, -0.25) is 4.98 Å². The van der Waals surface area contributed by atoms with Crippen LogP contribution in [0.2, 0.25) is 0 Å². The van der Waals surface area contributed by atoms with E-state index in [-0.39, 0.29) is 6.04 Å². The molecule has 0 saturated heterocycles. The van der Waals surface area contributed by atoms with Gasteiger partial charge >= 0.3 is 0 Å². The highest BCUT2D eigenvalue weighted by Crippen LogP contribution is 2.33. The minimum Gasteiger partial charge on any atom is -0.323 e. The monoisotopic (exact) mass is 190 g/mol. The molecular formula is C12H18N2. The van der Waals surface area contributed by atoms with Crippen LogP contribution in [0.1, 0.15) is 43.0 Å². The number of nitrogens with zero attached hydrogens (tertiary/aromatic N) is 1. The Morgan fingerprint density at radius 2 is 2.36 bits per heavy atom. The standard InChI is InChI=1S/C12H18N2/c1-9-4-3-7-14-12(9)11(13)8-10-5-2-6-10/h3-4,7,10-11H,2,5-6,8,13H2,1H3. The maximum absolute atomic E-state index is 6.14. The summed E-state index contributed by atoms with van der Waals surface area (Å²) in [6.45, 7) is 2.09. The van der Waals surface area contributed by atoms with Crippen LogP contribution in [-0.2, 0) is 0 Å². The van der Waals surface area contributed by atoms with Crippen molar-refractivity contribution in [1.29, 1.82) is 0 Å². The molecular weight excluding hydrogens is 172 g/mol. The Kier molecular flexibility index (Phi) is 2.82. The smallest absolute Gasteiger partial charge is 0.0600 e. The molecule has 1 saturated carbocycles. The second kappa shape index (κ2) is 4.09. The zero-order valence-corrected chi connectivity index (χ0v) is 8.74. The van der Waals surface area contributed by atoms with E-state index >= 15 is 0 Å². The molecule has 0 radical (unpaired) electrons. The lowest BCUT2D eigenvalue weighted by molar-refractivity contribution is 0.275. The third kappa shape index (κ3) is 1.95. The minimum absolute atomic E-state index is 0.140. The highest BCUT2D eigenvalue weighted by Gasteiger charge is 2.22. The maximum Gasteiger partial charge on any atom is 0.0600 e. The second-order valence-electron chi connectivity index (χ2n) is 4.34. The molecule has 1 fully saturated rings. The Morgan fingerprint density at radius 3 is 2.93 bits per heavy atom. The first kappa shape index (κ1) is 9.66. The Balaban J connectivity index is 2.02. The summed E-state index contributed by atoms with van der Waals surface area (Å²) in [6, 6.07) is 4.19. The van der Waals surface area contributed by atoms with E-state index < -0.39 is 0 Å². The molecule has 0 bridgehead atoms. The van der Waals surface area contributed by atoms with E-state index in [2.05, 4.69) is 18.0 Å². The van der Waals surface area contributed by atoms with E-state index in [0.717, 1.165) is 18.0 Å². The van der Waals surface area contributed by atoms with E-state index in [4.69, 9.17) is 5.73 Å². The topological polar surface area (TPSA) is 38.9 Å². The van der Waals surface area contributed by atoms with Gasteiger partial charge in [-0.2, -0.15) is 0 Å². The van der Waals surface area contributed by atoms with E-state index in [0.29, 0.717) is 0 Å². The Hall–Kier alpha value is -0.890. The third-order valence-electron chi connectivity index (χ3n) is 3.21. The van der Waals surface area contributed by atoms with Crippen LogP contribution < -0.4 is 5.73 Å². The zero-order valence-electron chi connectivity index (χ0n) is 8.74. The van der Waals surface area contributed by atoms with Gasteiger partial charge in [0.1, 0.15) is 0 Å². The van der Waals surface area contributed by atoms with Crippen LogP contribution >= 0.6 is 0 Å². The van der Waals surface area contributed by atoms with Gasteiger partial charge in [0, 0.05) is 12.2 Å². The number of nitrogens with two attached hydrogens (primary N) is 1. The quantitative estimate of drug-likeness (QED) is 0.795. The summed E-state index contributed by atoms with van der Waals surface area (Å²) < 4.78 is 0. The van der Waals surface area contributed by atoms with Crippen LogP contribution in [0, 0.1) is 12.8 Å². The summed E-state index contributed by atoms with van der Waals surface area (Å²) >= 11 is 0. The van der Waals surface area contributed by atoms with Gasteiger partial charge in [-0.1, -0.05) is 25.3 Å². The molecule has 1 heterocycles. The SMILES string of the molecule is Cc1cccnc1C(N)CC1CCC1. The summed E-state index contributed by atoms with van der Waals surface area (Å²) in [5.74, 6) is 0.853. The molecule has 1 aliphatic carbocycles. The molecule has 0 spiro atoms. The Bertz CT molecular complexity index is 305. The van der Waals surface area contributed by atoms with Gasteiger partial charge in [-0.15, -0.1) is 0 Å². The van der Waals surface area contributed by atoms with Crippen molar-refractivity contribution in [3.05, 3.63) is 29.6 Å². The first-order valence-electron chi connectivity index (χ1n) is 5.44. The van der Waals surface area contributed by atoms with E-state index in [1.54, 1.807) is 0 Å². The van der Waals surface area contributed by atoms with Crippen molar-refractivity contribution < 1.29 is 0 Å². The molecule has 1 aromatic heterocycles. The third-order valence-corrected chi connectivity index (χ3v) is 3.21. The number of hydrogen-bond acceptors (Lipinski definition) is 2. The molecule has 0 aromatic carbocycles. The fraction of sp³-hybridized carbons (Fsp3) is 0.583. The zero-order chi connectivity index (χ0) is 9.97. The predicted molar refractivity (Wildman–Crippen MR) is 57.9 cm³/mol. The van der Waals surface area contributed by atoms with Gasteiger partial charge in [0.25, 0.3) is 0 Å². The normalized spacial score (nSPS) is 19.0. The van der Waals surface area contributed by atoms with E-state index in [9.17, 15) is 0 Å². The molecule has 76 valence electrons. The van der Waals surface area contributed by atoms with Crippen molar-refractivity contribution in [2.45, 2.75) is 38.6 Å². The molecule has 0 aliphatic heterocycles. The van der Waals surface area contributed by atoms with Gasteiger partial charge in [0.15, 0.2) is 0 Å². The van der Waals surface area contributed by atoms with Crippen molar-refractivity contribution in [2.75, 3.05) is 0 Å². The molecule has 0 amide bonds. The van der Waals surface area contributed by atoms with Gasteiger partial charge in [0.05, 0.1) is 5.69 Å². The lowest BCUT2D eigenvalue weighted by Gasteiger charge is -2.28. The van der Waals surface area contributed by atoms with Crippen LogP contribution in [0.5, 0.6) is 0 Å². The van der Waals surface area contributed by atoms with Gasteiger partial charge < -0.3 is 5.73 Å². The lowest BCUT2D eigenvalue weighted by atomic mass is 9.80.